The zero-order valence-electron chi connectivity index (χ0n) is 11.9. The highest BCUT2D eigenvalue weighted by Crippen LogP contribution is 2.13. The van der Waals surface area contributed by atoms with Crippen molar-refractivity contribution >= 4 is 12.2 Å². The molecule has 0 atom stereocenters. The molecular weight excluding hydrogens is 284 g/mol. The van der Waals surface area contributed by atoms with Gasteiger partial charge in [0.2, 0.25) is 0 Å². The van der Waals surface area contributed by atoms with Crippen molar-refractivity contribution in [2.45, 2.75) is 13.5 Å². The molecule has 0 spiro atoms. The van der Waals surface area contributed by atoms with Crippen LogP contribution in [0.1, 0.15) is 11.1 Å². The molecular formula is C16H14N2O4. The van der Waals surface area contributed by atoms with Crippen LogP contribution in [-0.2, 0) is 11.3 Å². The van der Waals surface area contributed by atoms with E-state index in [1.54, 1.807) is 30.3 Å². The fourth-order valence-corrected chi connectivity index (χ4v) is 1.63. The second-order valence-electron chi connectivity index (χ2n) is 4.42. The van der Waals surface area contributed by atoms with E-state index < -0.39 is 12.2 Å². The molecule has 0 N–H and O–H groups in total. The van der Waals surface area contributed by atoms with Crippen molar-refractivity contribution in [3.05, 3.63) is 65.7 Å². The van der Waals surface area contributed by atoms with Crippen molar-refractivity contribution in [1.82, 2.24) is 0 Å². The summed E-state index contributed by atoms with van der Waals surface area (Å²) in [4.78, 5) is 22.7. The molecule has 0 aliphatic heterocycles. The Bertz CT molecular complexity index is 684. The van der Waals surface area contributed by atoms with Crippen LogP contribution in [0.25, 0.3) is 0 Å². The van der Waals surface area contributed by atoms with Crippen LogP contribution < -0.4 is 4.74 Å². The molecule has 0 saturated heterocycles. The minimum Gasteiger partial charge on any atom is -0.442 e. The Kier molecular flexibility index (Phi) is 5.37. The van der Waals surface area contributed by atoms with Gasteiger partial charge in [-0.3, -0.25) is 0 Å². The maximum absolute atomic E-state index is 11.4. The highest BCUT2D eigenvalue weighted by atomic mass is 16.6. The fourth-order valence-electron chi connectivity index (χ4n) is 1.63. The van der Waals surface area contributed by atoms with Crippen molar-refractivity contribution in [2.75, 3.05) is 0 Å². The van der Waals surface area contributed by atoms with E-state index in [1.165, 1.54) is 0 Å². The number of ether oxygens (including phenoxy) is 2. The van der Waals surface area contributed by atoms with Gasteiger partial charge in [-0.05, 0) is 30.2 Å². The smallest absolute Gasteiger partial charge is 0.442 e. The van der Waals surface area contributed by atoms with Crippen molar-refractivity contribution in [1.29, 1.82) is 0 Å². The zero-order chi connectivity index (χ0) is 15.8. The number of aryl methyl sites for hydroxylation is 1. The molecule has 2 aromatic rings. The quantitative estimate of drug-likeness (QED) is 0.792. The lowest BCUT2D eigenvalue weighted by Crippen LogP contribution is -2.04. The van der Waals surface area contributed by atoms with Crippen LogP contribution in [0.3, 0.4) is 0 Å². The lowest BCUT2D eigenvalue weighted by molar-refractivity contribution is 0.148. The van der Waals surface area contributed by atoms with E-state index in [0.29, 0.717) is 5.75 Å². The van der Waals surface area contributed by atoms with Gasteiger partial charge in [0.25, 0.3) is 0 Å². The summed E-state index contributed by atoms with van der Waals surface area (Å²) in [6, 6.07) is 16.0. The van der Waals surface area contributed by atoms with Crippen LogP contribution in [0.4, 0.5) is 9.59 Å². The molecule has 0 bridgehead atoms. The summed E-state index contributed by atoms with van der Waals surface area (Å²) in [5, 5.41) is 6.30. The number of azo groups is 1. The topological polar surface area (TPSA) is 77.3 Å². The van der Waals surface area contributed by atoms with Gasteiger partial charge in [0.05, 0.1) is 0 Å². The molecule has 2 rings (SSSR count). The van der Waals surface area contributed by atoms with E-state index in [9.17, 15) is 9.59 Å². The molecule has 112 valence electrons. The SMILES string of the molecule is Cc1cccc(OC(=O)N=NC(=O)OCc2ccccc2)c1. The summed E-state index contributed by atoms with van der Waals surface area (Å²) in [5.74, 6) is 0.335. The van der Waals surface area contributed by atoms with E-state index in [4.69, 9.17) is 9.47 Å². The van der Waals surface area contributed by atoms with Crippen LogP contribution in [0.5, 0.6) is 5.75 Å². The average molecular weight is 298 g/mol. The van der Waals surface area contributed by atoms with E-state index in [-0.39, 0.29) is 6.61 Å². The summed E-state index contributed by atoms with van der Waals surface area (Å²) in [5.41, 5.74) is 1.75. The number of hydrogen-bond acceptors (Lipinski definition) is 4. The minimum atomic E-state index is -0.984. The van der Waals surface area contributed by atoms with Gasteiger partial charge in [0, 0.05) is 0 Å². The summed E-state index contributed by atoms with van der Waals surface area (Å²) in [6.07, 6.45) is -1.94. The first kappa shape index (κ1) is 15.4. The third-order valence-electron chi connectivity index (χ3n) is 2.61. The molecule has 2 amide bonds. The highest BCUT2D eigenvalue weighted by molar-refractivity contribution is 5.74. The number of carbonyl (C=O) groups excluding carboxylic acids is 2. The first-order valence-corrected chi connectivity index (χ1v) is 6.54. The Hall–Kier alpha value is -3.02. The first-order valence-electron chi connectivity index (χ1n) is 6.54. The van der Waals surface area contributed by atoms with Gasteiger partial charge in [0.1, 0.15) is 12.4 Å². The van der Waals surface area contributed by atoms with Crippen LogP contribution >= 0.6 is 0 Å². The molecule has 0 saturated carbocycles. The lowest BCUT2D eigenvalue weighted by Gasteiger charge is -2.01. The Morgan fingerprint density at radius 3 is 2.41 bits per heavy atom. The molecule has 6 nitrogen and oxygen atoms in total. The molecule has 0 radical (unpaired) electrons. The van der Waals surface area contributed by atoms with Crippen molar-refractivity contribution in [3.8, 4) is 5.75 Å². The number of amides is 2. The van der Waals surface area contributed by atoms with E-state index in [1.807, 2.05) is 31.2 Å². The summed E-state index contributed by atoms with van der Waals surface area (Å²) in [7, 11) is 0. The van der Waals surface area contributed by atoms with Gasteiger partial charge >= 0.3 is 12.2 Å². The van der Waals surface area contributed by atoms with Gasteiger partial charge in [-0.25, -0.2) is 9.59 Å². The molecule has 6 heteroatoms. The van der Waals surface area contributed by atoms with Crippen molar-refractivity contribution in [2.24, 2.45) is 10.2 Å². The molecule has 0 aromatic heterocycles. The number of benzene rings is 2. The van der Waals surface area contributed by atoms with Crippen LogP contribution in [0.15, 0.2) is 64.8 Å². The van der Waals surface area contributed by atoms with Gasteiger partial charge in [0.15, 0.2) is 0 Å². The highest BCUT2D eigenvalue weighted by Gasteiger charge is 2.06. The van der Waals surface area contributed by atoms with Crippen LogP contribution in [0.2, 0.25) is 0 Å². The second-order valence-corrected chi connectivity index (χ2v) is 4.42. The molecule has 0 fully saturated rings. The predicted molar refractivity (Wildman–Crippen MR) is 78.7 cm³/mol. The summed E-state index contributed by atoms with van der Waals surface area (Å²) >= 11 is 0. The first-order chi connectivity index (χ1) is 10.6. The molecule has 0 aliphatic carbocycles. The number of rotatable bonds is 3. The molecule has 22 heavy (non-hydrogen) atoms. The van der Waals surface area contributed by atoms with Gasteiger partial charge in [-0.2, -0.15) is 0 Å². The maximum atomic E-state index is 11.4. The standard InChI is InChI=1S/C16H14N2O4/c1-12-6-5-9-14(10-12)22-16(20)18-17-15(19)21-11-13-7-3-2-4-8-13/h2-10H,11H2,1H3. The van der Waals surface area contributed by atoms with Crippen molar-refractivity contribution < 1.29 is 19.1 Å². The molecule has 0 aliphatic rings. The largest absolute Gasteiger partial charge is 0.458 e. The number of nitrogens with zero attached hydrogens (tertiary/aromatic N) is 2. The maximum Gasteiger partial charge on any atom is 0.458 e. The van der Waals surface area contributed by atoms with E-state index in [0.717, 1.165) is 11.1 Å². The van der Waals surface area contributed by atoms with E-state index >= 15 is 0 Å². The minimum absolute atomic E-state index is 0.0611. The van der Waals surface area contributed by atoms with Crippen molar-refractivity contribution in [3.63, 3.8) is 0 Å². The Morgan fingerprint density at radius 1 is 0.955 bits per heavy atom. The van der Waals surface area contributed by atoms with Gasteiger partial charge in [-0.1, -0.05) is 52.7 Å². The third kappa shape index (κ3) is 5.16. The summed E-state index contributed by atoms with van der Waals surface area (Å²) in [6.45, 7) is 1.92. The van der Waals surface area contributed by atoms with Gasteiger partial charge < -0.3 is 9.47 Å². The monoisotopic (exact) mass is 298 g/mol. The number of carbonyl (C=O) groups is 2. The Labute approximate surface area is 127 Å². The predicted octanol–water partition coefficient (Wildman–Crippen LogP) is 4.28. The third-order valence-corrected chi connectivity index (χ3v) is 2.61. The normalized spacial score (nSPS) is 10.4. The van der Waals surface area contributed by atoms with E-state index in [2.05, 4.69) is 10.2 Å². The zero-order valence-corrected chi connectivity index (χ0v) is 11.9. The Balaban J connectivity index is 1.80. The Morgan fingerprint density at radius 2 is 1.68 bits per heavy atom. The molecule has 2 aromatic carbocycles. The molecule has 0 heterocycles. The lowest BCUT2D eigenvalue weighted by atomic mass is 10.2. The average Bonchev–Trinajstić information content (AvgIpc) is 2.52. The summed E-state index contributed by atoms with van der Waals surface area (Å²) < 4.78 is 9.74. The number of hydrogen-bond donors (Lipinski definition) is 0. The van der Waals surface area contributed by atoms with Gasteiger partial charge in [-0.15, -0.1) is 0 Å². The second kappa shape index (κ2) is 7.68. The fraction of sp³-hybridized carbons (Fsp3) is 0.125. The van der Waals surface area contributed by atoms with Crippen LogP contribution in [-0.4, -0.2) is 12.2 Å². The molecule has 0 unspecified atom stereocenters. The van der Waals surface area contributed by atoms with Crippen LogP contribution in [0, 0.1) is 6.92 Å².